The SMILES string of the molecule is c1ccc(-c2ccc(N(c3cccc4oc5cc(-c6ccccc6)c6ccccc6c5c34)c3cccc4c3c3ccccc3n4-c3ccccc3)cc2)cc1. The summed E-state index contributed by atoms with van der Waals surface area (Å²) in [6, 6.07) is 73.8. The summed E-state index contributed by atoms with van der Waals surface area (Å²) in [5.74, 6) is 0. The van der Waals surface area contributed by atoms with Gasteiger partial charge in [0.25, 0.3) is 0 Å². The van der Waals surface area contributed by atoms with Crippen LogP contribution in [0.15, 0.2) is 211 Å². The first kappa shape index (κ1) is 31.2. The molecule has 0 amide bonds. The Balaban J connectivity index is 1.24. The second-order valence-electron chi connectivity index (χ2n) is 14.1. The highest BCUT2D eigenvalue weighted by molar-refractivity contribution is 6.26. The average Bonchev–Trinajstić information content (AvgIpc) is 3.82. The number of hydrogen-bond acceptors (Lipinski definition) is 2. The zero-order chi connectivity index (χ0) is 36.3. The van der Waals surface area contributed by atoms with Gasteiger partial charge in [0.1, 0.15) is 11.2 Å². The molecule has 55 heavy (non-hydrogen) atoms. The molecule has 258 valence electrons. The maximum absolute atomic E-state index is 6.85. The zero-order valence-corrected chi connectivity index (χ0v) is 29.9. The van der Waals surface area contributed by atoms with E-state index in [1.165, 1.54) is 43.8 Å². The van der Waals surface area contributed by atoms with Gasteiger partial charge in [-0.3, -0.25) is 0 Å². The molecule has 0 N–H and O–H groups in total. The fourth-order valence-electron chi connectivity index (χ4n) is 8.59. The van der Waals surface area contributed by atoms with Crippen LogP contribution in [0.5, 0.6) is 0 Å². The fourth-order valence-corrected chi connectivity index (χ4v) is 8.59. The summed E-state index contributed by atoms with van der Waals surface area (Å²) in [4.78, 5) is 2.44. The van der Waals surface area contributed by atoms with Crippen LogP contribution in [-0.4, -0.2) is 4.57 Å². The van der Waals surface area contributed by atoms with Crippen molar-refractivity contribution in [2.24, 2.45) is 0 Å². The second kappa shape index (κ2) is 12.6. The molecule has 2 heterocycles. The number of fused-ring (bicyclic) bond motifs is 8. The molecular weight excluding hydrogens is 669 g/mol. The van der Waals surface area contributed by atoms with E-state index in [-0.39, 0.29) is 0 Å². The highest BCUT2D eigenvalue weighted by Crippen LogP contribution is 2.49. The first-order chi connectivity index (χ1) is 27.3. The number of hydrogen-bond donors (Lipinski definition) is 0. The van der Waals surface area contributed by atoms with Crippen molar-refractivity contribution in [2.45, 2.75) is 0 Å². The minimum Gasteiger partial charge on any atom is -0.456 e. The van der Waals surface area contributed by atoms with E-state index < -0.39 is 0 Å². The van der Waals surface area contributed by atoms with Gasteiger partial charge in [0, 0.05) is 27.5 Å². The van der Waals surface area contributed by atoms with Crippen LogP contribution in [0.3, 0.4) is 0 Å². The predicted octanol–water partition coefficient (Wildman–Crippen LogP) is 14.6. The van der Waals surface area contributed by atoms with Gasteiger partial charge in [-0.1, -0.05) is 146 Å². The number of anilines is 3. The van der Waals surface area contributed by atoms with E-state index >= 15 is 0 Å². The summed E-state index contributed by atoms with van der Waals surface area (Å²) in [6.07, 6.45) is 0. The van der Waals surface area contributed by atoms with Crippen molar-refractivity contribution in [1.82, 2.24) is 4.57 Å². The smallest absolute Gasteiger partial charge is 0.137 e. The lowest BCUT2D eigenvalue weighted by Gasteiger charge is -2.27. The average molecular weight is 703 g/mol. The normalized spacial score (nSPS) is 11.6. The van der Waals surface area contributed by atoms with Crippen molar-refractivity contribution < 1.29 is 4.42 Å². The number of aromatic nitrogens is 1. The van der Waals surface area contributed by atoms with Crippen molar-refractivity contribution in [1.29, 1.82) is 0 Å². The second-order valence-corrected chi connectivity index (χ2v) is 14.1. The van der Waals surface area contributed by atoms with Crippen LogP contribution in [-0.2, 0) is 0 Å². The van der Waals surface area contributed by atoms with Gasteiger partial charge >= 0.3 is 0 Å². The monoisotopic (exact) mass is 702 g/mol. The van der Waals surface area contributed by atoms with Crippen molar-refractivity contribution in [2.75, 3.05) is 4.90 Å². The Kier molecular flexibility index (Phi) is 7.17. The summed E-state index contributed by atoms with van der Waals surface area (Å²) in [5, 5.41) is 6.96. The van der Waals surface area contributed by atoms with Gasteiger partial charge in [0.05, 0.1) is 27.8 Å². The molecule has 0 spiro atoms. The Morgan fingerprint density at radius 3 is 1.67 bits per heavy atom. The standard InChI is InChI=1S/C52H34N2O/c1-4-16-35(17-5-1)36-30-32-39(33-31-36)54(46-27-14-26-45-50(46)42-24-12-13-25-44(42)53(45)38-20-8-3-9-21-38)47-28-15-29-48-52(47)51-41-23-11-10-22-40(41)43(34-49(51)55-48)37-18-6-2-7-19-37/h1-34H. The Hall–Kier alpha value is -7.36. The molecule has 0 radical (unpaired) electrons. The number of furan rings is 1. The molecule has 0 aliphatic rings. The number of rotatable bonds is 6. The molecule has 0 aliphatic heterocycles. The van der Waals surface area contributed by atoms with Crippen LogP contribution >= 0.6 is 0 Å². The van der Waals surface area contributed by atoms with Crippen LogP contribution in [0.4, 0.5) is 17.1 Å². The van der Waals surface area contributed by atoms with Gasteiger partial charge in [-0.15, -0.1) is 0 Å². The van der Waals surface area contributed by atoms with Gasteiger partial charge in [-0.25, -0.2) is 0 Å². The number of nitrogens with zero attached hydrogens (tertiary/aromatic N) is 2. The largest absolute Gasteiger partial charge is 0.456 e. The molecule has 11 aromatic rings. The van der Waals surface area contributed by atoms with E-state index in [1.807, 2.05) is 0 Å². The molecule has 0 unspecified atom stereocenters. The van der Waals surface area contributed by atoms with Crippen molar-refractivity contribution in [3.63, 3.8) is 0 Å². The maximum atomic E-state index is 6.85. The summed E-state index contributed by atoms with van der Waals surface area (Å²) in [7, 11) is 0. The van der Waals surface area contributed by atoms with E-state index in [2.05, 4.69) is 216 Å². The van der Waals surface area contributed by atoms with Gasteiger partial charge in [0.2, 0.25) is 0 Å². The van der Waals surface area contributed by atoms with Crippen molar-refractivity contribution >= 4 is 71.6 Å². The lowest BCUT2D eigenvalue weighted by atomic mass is 9.94. The molecule has 0 fully saturated rings. The molecule has 0 bridgehead atoms. The Bertz CT molecular complexity index is 3180. The molecule has 0 saturated heterocycles. The minimum atomic E-state index is 0.854. The van der Waals surface area contributed by atoms with E-state index in [0.717, 1.165) is 55.8 Å². The van der Waals surface area contributed by atoms with Gasteiger partial charge < -0.3 is 13.9 Å². The molecule has 0 atom stereocenters. The molecule has 9 aromatic carbocycles. The summed E-state index contributed by atoms with van der Waals surface area (Å²) >= 11 is 0. The van der Waals surface area contributed by atoms with E-state index in [9.17, 15) is 0 Å². The van der Waals surface area contributed by atoms with Crippen LogP contribution in [0.25, 0.3) is 82.5 Å². The summed E-state index contributed by atoms with van der Waals surface area (Å²) in [5.41, 5.74) is 13.1. The highest BCUT2D eigenvalue weighted by atomic mass is 16.3. The van der Waals surface area contributed by atoms with Gasteiger partial charge in [0.15, 0.2) is 0 Å². The number of benzene rings is 9. The van der Waals surface area contributed by atoms with Crippen LogP contribution in [0.2, 0.25) is 0 Å². The Labute approximate surface area is 318 Å². The fraction of sp³-hybridized carbons (Fsp3) is 0. The summed E-state index contributed by atoms with van der Waals surface area (Å²) < 4.78 is 9.24. The third-order valence-electron chi connectivity index (χ3n) is 11.0. The molecule has 3 heteroatoms. The van der Waals surface area contributed by atoms with Gasteiger partial charge in [-0.2, -0.15) is 0 Å². The van der Waals surface area contributed by atoms with Crippen molar-refractivity contribution in [3.05, 3.63) is 206 Å². The first-order valence-corrected chi connectivity index (χ1v) is 18.8. The lowest BCUT2D eigenvalue weighted by molar-refractivity contribution is 0.669. The number of para-hydroxylation sites is 2. The van der Waals surface area contributed by atoms with Crippen molar-refractivity contribution in [3.8, 4) is 27.9 Å². The third-order valence-corrected chi connectivity index (χ3v) is 11.0. The molecule has 2 aromatic heterocycles. The Morgan fingerprint density at radius 1 is 0.364 bits per heavy atom. The lowest BCUT2D eigenvalue weighted by Crippen LogP contribution is -2.11. The topological polar surface area (TPSA) is 21.3 Å². The highest BCUT2D eigenvalue weighted by Gasteiger charge is 2.25. The maximum Gasteiger partial charge on any atom is 0.137 e. The predicted molar refractivity (Wildman–Crippen MR) is 231 cm³/mol. The summed E-state index contributed by atoms with van der Waals surface area (Å²) in [6.45, 7) is 0. The third kappa shape index (κ3) is 4.98. The molecule has 0 saturated carbocycles. The van der Waals surface area contributed by atoms with E-state index in [4.69, 9.17) is 4.42 Å². The minimum absolute atomic E-state index is 0.854. The van der Waals surface area contributed by atoms with Gasteiger partial charge in [-0.05, 0) is 93.7 Å². The van der Waals surface area contributed by atoms with Crippen LogP contribution < -0.4 is 4.90 Å². The zero-order valence-electron chi connectivity index (χ0n) is 29.9. The molecular formula is C52H34N2O. The van der Waals surface area contributed by atoms with Crippen LogP contribution in [0.1, 0.15) is 0 Å². The quantitative estimate of drug-likeness (QED) is 0.172. The molecule has 0 aliphatic carbocycles. The van der Waals surface area contributed by atoms with E-state index in [0.29, 0.717) is 0 Å². The van der Waals surface area contributed by atoms with Crippen LogP contribution in [0, 0.1) is 0 Å². The Morgan fingerprint density at radius 2 is 0.927 bits per heavy atom. The van der Waals surface area contributed by atoms with E-state index in [1.54, 1.807) is 0 Å². The molecule has 3 nitrogen and oxygen atoms in total. The molecule has 11 rings (SSSR count). The first-order valence-electron chi connectivity index (χ1n) is 18.8.